The molecule has 27 heteroatoms. The van der Waals surface area contributed by atoms with Gasteiger partial charge in [0, 0.05) is 79.7 Å². The van der Waals surface area contributed by atoms with Gasteiger partial charge >= 0.3 is 6.18 Å². The third-order valence-electron chi connectivity index (χ3n) is 17.6. The van der Waals surface area contributed by atoms with Crippen molar-refractivity contribution in [1.29, 1.82) is 0 Å². The van der Waals surface area contributed by atoms with Crippen LogP contribution in [0.1, 0.15) is 117 Å². The molecule has 95 heavy (non-hydrogen) atoms. The SMILES string of the molecule is CC[C@H](C)[C@@H]1NC(=O)[C@H](CC(C)C)N(C)C(=O)C[C@@H](C)N(C)C(=O)[C@H](CC(C)C)NC(=O)C(C)(C)N(C)C(=O)[C@@H](Cc2ccccc2)NC(=O)[C@H](CCc2ccc(C(F)(F)F)c(F)c2)NC(=O)CN(C)C(=O)[C@H](Cc2ccc(Cl)cc2)N(C)C(=O)CN(C)C(=O)CN(C)C1=O. The zero-order chi connectivity index (χ0) is 71.7. The number of hydrogen-bond acceptors (Lipinski definition) is 11. The lowest BCUT2D eigenvalue weighted by Crippen LogP contribution is -2.63. The first-order chi connectivity index (χ1) is 44.2. The highest BCUT2D eigenvalue weighted by Gasteiger charge is 2.43. The number of carbonyl (C=O) groups excluding carboxylic acids is 11. The number of likely N-dealkylation sites (N-methyl/N-ethyl adjacent to an activating group) is 7. The highest BCUT2D eigenvalue weighted by Crippen LogP contribution is 2.32. The van der Waals surface area contributed by atoms with Crippen LogP contribution in [0.2, 0.25) is 5.02 Å². The van der Waals surface area contributed by atoms with Crippen molar-refractivity contribution in [3.63, 3.8) is 0 Å². The van der Waals surface area contributed by atoms with Crippen molar-refractivity contribution in [2.45, 2.75) is 168 Å². The van der Waals surface area contributed by atoms with E-state index >= 15 is 4.79 Å². The van der Waals surface area contributed by atoms with E-state index in [1.54, 1.807) is 68.4 Å². The van der Waals surface area contributed by atoms with Gasteiger partial charge in [-0.05, 0) is 105 Å². The lowest BCUT2D eigenvalue weighted by atomic mass is 9.95. The summed E-state index contributed by atoms with van der Waals surface area (Å²) in [5, 5.41) is 11.3. The fourth-order valence-corrected chi connectivity index (χ4v) is 10.9. The topological polar surface area (TPSA) is 259 Å². The van der Waals surface area contributed by atoms with Crippen LogP contribution < -0.4 is 21.3 Å². The zero-order valence-electron chi connectivity index (χ0n) is 57.5. The molecule has 1 fully saturated rings. The summed E-state index contributed by atoms with van der Waals surface area (Å²) in [5.74, 6) is -10.6. The van der Waals surface area contributed by atoms with Crippen LogP contribution in [0.4, 0.5) is 17.6 Å². The Balaban J connectivity index is 1.87. The smallest absolute Gasteiger partial charge is 0.343 e. The standard InChI is InChI=1S/C68H96ClF4N11O11/c1-17-42(6)59-65(94)80(12)38-57(87)78(10)39-58(88)83(15)54(36-46-23-27-47(69)28-24-46)64(93)79(11)37-55(85)74-50(30-26-45-25-29-48(49(70)34-45)68(71,72)73)60(89)75-52(35-44-21-19-18-20-22-44)63(92)84(16)67(8,9)66(95)76-51(31-40(2)3)62(91)81(13)43(7)33-56(86)82(14)53(32-41(4)5)61(90)77-59/h18-25,27-29,34,40-43,50-54,59H,17,26,30-33,35-39H2,1-16H3,(H,74,85)(H,75,89)(H,76,95)(H,77,90)/t42-,43+,50-,51-,52+,53-,54-,59-/m0/s1. The van der Waals surface area contributed by atoms with E-state index in [9.17, 15) is 65.5 Å². The van der Waals surface area contributed by atoms with Crippen molar-refractivity contribution in [2.24, 2.45) is 17.8 Å². The first-order valence-corrected chi connectivity index (χ1v) is 32.2. The van der Waals surface area contributed by atoms with Gasteiger partial charge < -0.3 is 55.6 Å². The highest BCUT2D eigenvalue weighted by atomic mass is 35.5. The summed E-state index contributed by atoms with van der Waals surface area (Å²) in [5.41, 5.74) is -2.25. The summed E-state index contributed by atoms with van der Waals surface area (Å²) < 4.78 is 56.0. The molecule has 4 N–H and O–H groups in total. The number of alkyl halides is 3. The lowest BCUT2D eigenvalue weighted by Gasteiger charge is -2.38. The molecule has 0 aliphatic carbocycles. The number of carbonyl (C=O) groups is 11. The van der Waals surface area contributed by atoms with Gasteiger partial charge in [-0.2, -0.15) is 13.2 Å². The Morgan fingerprint density at radius 1 is 0.568 bits per heavy atom. The average Bonchev–Trinajstić information content (AvgIpc) is 0.834. The van der Waals surface area contributed by atoms with Crippen LogP contribution in [0, 0.1) is 23.6 Å². The molecule has 0 radical (unpaired) electrons. The predicted molar refractivity (Wildman–Crippen MR) is 351 cm³/mol. The molecule has 1 saturated heterocycles. The van der Waals surface area contributed by atoms with E-state index in [0.29, 0.717) is 34.7 Å². The molecule has 11 amide bonds. The molecule has 3 aromatic rings. The molecular formula is C68H96ClF4N11O11. The van der Waals surface area contributed by atoms with Gasteiger partial charge in [-0.15, -0.1) is 0 Å². The van der Waals surface area contributed by atoms with Crippen molar-refractivity contribution in [2.75, 3.05) is 69.0 Å². The van der Waals surface area contributed by atoms with Crippen LogP contribution in [-0.2, 0) is 78.2 Å². The molecule has 1 aliphatic rings. The summed E-state index contributed by atoms with van der Waals surface area (Å²) in [7, 11) is 9.50. The highest BCUT2D eigenvalue weighted by molar-refractivity contribution is 6.30. The van der Waals surface area contributed by atoms with Gasteiger partial charge in [0.05, 0.1) is 25.2 Å². The molecule has 4 rings (SSSR count). The lowest BCUT2D eigenvalue weighted by molar-refractivity contribution is -0.149. The number of benzene rings is 3. The molecule has 0 unspecified atom stereocenters. The van der Waals surface area contributed by atoms with Crippen LogP contribution in [0.25, 0.3) is 0 Å². The number of halogens is 5. The Bertz CT molecular complexity index is 3210. The van der Waals surface area contributed by atoms with E-state index in [2.05, 4.69) is 21.3 Å². The first-order valence-electron chi connectivity index (χ1n) is 31.8. The number of aryl methyl sites for hydroxylation is 1. The van der Waals surface area contributed by atoms with Gasteiger partial charge in [0.25, 0.3) is 0 Å². The maximum atomic E-state index is 15.0. The van der Waals surface area contributed by atoms with E-state index in [-0.39, 0.29) is 55.9 Å². The molecule has 1 heterocycles. The minimum atomic E-state index is -5.03. The molecule has 1 aliphatic heterocycles. The number of nitrogens with zero attached hydrogens (tertiary/aromatic N) is 7. The Kier molecular flexibility index (Phi) is 29.2. The normalized spacial score (nSPS) is 23.0. The van der Waals surface area contributed by atoms with Crippen molar-refractivity contribution < 1.29 is 70.3 Å². The van der Waals surface area contributed by atoms with E-state index in [1.165, 1.54) is 73.0 Å². The third kappa shape index (κ3) is 22.5. The minimum absolute atomic E-state index is 0.00125. The summed E-state index contributed by atoms with van der Waals surface area (Å²) in [6, 6.07) is 8.21. The molecule has 0 spiro atoms. The fourth-order valence-electron chi connectivity index (χ4n) is 10.8. The van der Waals surface area contributed by atoms with E-state index in [4.69, 9.17) is 11.6 Å². The molecule has 524 valence electrons. The molecule has 0 aromatic heterocycles. The fraction of sp³-hybridized carbons (Fsp3) is 0.574. The number of hydrogen-bond donors (Lipinski definition) is 4. The van der Waals surface area contributed by atoms with E-state index < -0.39 is 162 Å². The van der Waals surface area contributed by atoms with Gasteiger partial charge in [0.2, 0.25) is 65.0 Å². The van der Waals surface area contributed by atoms with Gasteiger partial charge in [0.15, 0.2) is 0 Å². The number of nitrogens with one attached hydrogen (secondary N) is 4. The third-order valence-corrected chi connectivity index (χ3v) is 17.8. The average molecular weight is 1360 g/mol. The van der Waals surface area contributed by atoms with Crippen LogP contribution in [0.3, 0.4) is 0 Å². The predicted octanol–water partition coefficient (Wildman–Crippen LogP) is 5.51. The first kappa shape index (κ1) is 79.3. The molecule has 0 saturated carbocycles. The maximum absolute atomic E-state index is 15.0. The van der Waals surface area contributed by atoms with Crippen molar-refractivity contribution in [3.05, 3.63) is 106 Å². The van der Waals surface area contributed by atoms with Gasteiger partial charge in [-0.25, -0.2) is 4.39 Å². The Labute approximate surface area is 560 Å². The molecular weight excluding hydrogens is 1260 g/mol. The van der Waals surface area contributed by atoms with E-state index in [0.717, 1.165) is 30.6 Å². The van der Waals surface area contributed by atoms with Crippen LogP contribution in [-0.4, -0.2) is 216 Å². The zero-order valence-corrected chi connectivity index (χ0v) is 58.2. The molecule has 8 atom stereocenters. The quantitative estimate of drug-likeness (QED) is 0.155. The molecule has 0 bridgehead atoms. The van der Waals surface area contributed by atoms with Crippen molar-refractivity contribution >= 4 is 76.6 Å². The van der Waals surface area contributed by atoms with Crippen molar-refractivity contribution in [1.82, 2.24) is 55.6 Å². The molecule has 3 aromatic carbocycles. The summed E-state index contributed by atoms with van der Waals surface area (Å²) in [6.07, 6.45) is -5.66. The largest absolute Gasteiger partial charge is 0.419 e. The van der Waals surface area contributed by atoms with Crippen LogP contribution in [0.15, 0.2) is 72.8 Å². The Morgan fingerprint density at radius 3 is 1.69 bits per heavy atom. The van der Waals surface area contributed by atoms with E-state index in [1.807, 2.05) is 34.6 Å². The Hall–Kier alpha value is -8.16. The second-order valence-corrected chi connectivity index (χ2v) is 26.8. The van der Waals surface area contributed by atoms with Gasteiger partial charge in [0.1, 0.15) is 47.6 Å². The second-order valence-electron chi connectivity index (χ2n) is 26.3. The second kappa shape index (κ2) is 35.0. The molecule has 22 nitrogen and oxygen atoms in total. The Morgan fingerprint density at radius 2 is 1.13 bits per heavy atom. The van der Waals surface area contributed by atoms with Gasteiger partial charge in [-0.3, -0.25) is 52.7 Å². The van der Waals surface area contributed by atoms with Crippen molar-refractivity contribution in [3.8, 4) is 0 Å². The van der Waals surface area contributed by atoms with Gasteiger partial charge in [-0.1, -0.05) is 108 Å². The summed E-state index contributed by atoms with van der Waals surface area (Å²) in [4.78, 5) is 168. The van der Waals surface area contributed by atoms with Crippen LogP contribution >= 0.6 is 11.6 Å². The summed E-state index contributed by atoms with van der Waals surface area (Å²) >= 11 is 6.20. The van der Waals surface area contributed by atoms with Crippen LogP contribution in [0.5, 0.6) is 0 Å². The number of amides is 11. The number of rotatable bonds is 13. The monoisotopic (exact) mass is 1350 g/mol. The summed E-state index contributed by atoms with van der Waals surface area (Å²) in [6.45, 7) is 13.5. The maximum Gasteiger partial charge on any atom is 0.419 e. The minimum Gasteiger partial charge on any atom is -0.343 e.